The quantitative estimate of drug-likeness (QED) is 0.821. The topological polar surface area (TPSA) is 65.8 Å². The van der Waals surface area contributed by atoms with Crippen molar-refractivity contribution in [3.8, 4) is 6.07 Å². The second-order valence-corrected chi connectivity index (χ2v) is 6.06. The number of halogens is 1. The van der Waals surface area contributed by atoms with Crippen LogP contribution in [0.5, 0.6) is 0 Å². The molecule has 0 atom stereocenters. The van der Waals surface area contributed by atoms with Crippen molar-refractivity contribution in [3.05, 3.63) is 52.6 Å². The third kappa shape index (κ3) is 4.88. The predicted molar refractivity (Wildman–Crippen MR) is 87.1 cm³/mol. The number of pyridine rings is 1. The number of anilines is 1. The summed E-state index contributed by atoms with van der Waals surface area (Å²) in [6.45, 7) is 0. The van der Waals surface area contributed by atoms with Crippen molar-refractivity contribution >= 4 is 39.3 Å². The van der Waals surface area contributed by atoms with Gasteiger partial charge in [-0.3, -0.25) is 4.79 Å². The van der Waals surface area contributed by atoms with Crippen LogP contribution in [0.1, 0.15) is 12.0 Å². The standard InChI is InChI=1S/C15H12BrN3OS/c16-13-2-1-8-18-15(13)21-9-7-14(20)19-12-5-3-11(10-17)4-6-12/h1-6,8H,7,9H2,(H,19,20). The lowest BCUT2D eigenvalue weighted by Crippen LogP contribution is -2.12. The van der Waals surface area contributed by atoms with Crippen molar-refractivity contribution in [1.82, 2.24) is 4.98 Å². The third-order valence-electron chi connectivity index (χ3n) is 2.59. The molecule has 0 saturated heterocycles. The Morgan fingerprint density at radius 1 is 1.33 bits per heavy atom. The van der Waals surface area contributed by atoms with Gasteiger partial charge < -0.3 is 5.32 Å². The molecule has 6 heteroatoms. The van der Waals surface area contributed by atoms with Crippen LogP contribution in [0, 0.1) is 11.3 Å². The van der Waals surface area contributed by atoms with Crippen LogP contribution in [0.2, 0.25) is 0 Å². The van der Waals surface area contributed by atoms with Crippen LogP contribution in [-0.4, -0.2) is 16.6 Å². The summed E-state index contributed by atoms with van der Waals surface area (Å²) in [7, 11) is 0. The number of aromatic nitrogens is 1. The fraction of sp³-hybridized carbons (Fsp3) is 0.133. The van der Waals surface area contributed by atoms with E-state index in [1.54, 1.807) is 30.5 Å². The second kappa shape index (κ2) is 7.81. The van der Waals surface area contributed by atoms with Crippen molar-refractivity contribution in [3.63, 3.8) is 0 Å². The number of nitriles is 1. The highest BCUT2D eigenvalue weighted by Crippen LogP contribution is 2.25. The average molecular weight is 362 g/mol. The van der Waals surface area contributed by atoms with E-state index in [2.05, 4.69) is 26.2 Å². The van der Waals surface area contributed by atoms with E-state index in [9.17, 15) is 4.79 Å². The van der Waals surface area contributed by atoms with Gasteiger partial charge in [0.15, 0.2) is 0 Å². The fourth-order valence-electron chi connectivity index (χ4n) is 1.57. The number of rotatable bonds is 5. The average Bonchev–Trinajstić information content (AvgIpc) is 2.50. The number of nitrogens with one attached hydrogen (secondary N) is 1. The van der Waals surface area contributed by atoms with Gasteiger partial charge in [-0.15, -0.1) is 11.8 Å². The van der Waals surface area contributed by atoms with Crippen molar-refractivity contribution in [2.75, 3.05) is 11.1 Å². The summed E-state index contributed by atoms with van der Waals surface area (Å²) in [5, 5.41) is 12.4. The lowest BCUT2D eigenvalue weighted by Gasteiger charge is -2.05. The van der Waals surface area contributed by atoms with Gasteiger partial charge in [0, 0.05) is 28.5 Å². The lowest BCUT2D eigenvalue weighted by atomic mass is 10.2. The van der Waals surface area contributed by atoms with Gasteiger partial charge in [0.2, 0.25) is 5.91 Å². The Morgan fingerprint density at radius 3 is 2.76 bits per heavy atom. The van der Waals surface area contributed by atoms with Gasteiger partial charge in [0.05, 0.1) is 11.6 Å². The first-order chi connectivity index (χ1) is 10.2. The van der Waals surface area contributed by atoms with Crippen LogP contribution >= 0.6 is 27.7 Å². The zero-order valence-electron chi connectivity index (χ0n) is 11.0. The van der Waals surface area contributed by atoms with Crippen LogP contribution in [0.15, 0.2) is 52.1 Å². The highest BCUT2D eigenvalue weighted by atomic mass is 79.9. The molecule has 0 aliphatic rings. The fourth-order valence-corrected chi connectivity index (χ4v) is 2.99. The number of thioether (sulfide) groups is 1. The van der Waals surface area contributed by atoms with Gasteiger partial charge >= 0.3 is 0 Å². The predicted octanol–water partition coefficient (Wildman–Crippen LogP) is 3.84. The zero-order valence-corrected chi connectivity index (χ0v) is 13.4. The normalized spacial score (nSPS) is 9.90. The lowest BCUT2D eigenvalue weighted by molar-refractivity contribution is -0.115. The molecule has 0 spiro atoms. The molecule has 1 amide bonds. The van der Waals surface area contributed by atoms with Gasteiger partial charge in [0.1, 0.15) is 5.03 Å². The summed E-state index contributed by atoms with van der Waals surface area (Å²) < 4.78 is 0.933. The molecule has 2 aromatic rings. The molecule has 1 heterocycles. The molecular weight excluding hydrogens is 350 g/mol. The van der Waals surface area contributed by atoms with Gasteiger partial charge in [-0.05, 0) is 52.3 Å². The monoisotopic (exact) mass is 361 g/mol. The minimum Gasteiger partial charge on any atom is -0.326 e. The first kappa shape index (κ1) is 15.5. The van der Waals surface area contributed by atoms with Crippen LogP contribution in [0.3, 0.4) is 0 Å². The highest BCUT2D eigenvalue weighted by molar-refractivity contribution is 9.10. The Labute approximate surface area is 135 Å². The summed E-state index contributed by atoms with van der Waals surface area (Å²) in [4.78, 5) is 16.1. The first-order valence-electron chi connectivity index (χ1n) is 6.22. The SMILES string of the molecule is N#Cc1ccc(NC(=O)CCSc2ncccc2Br)cc1. The molecular formula is C15H12BrN3OS. The number of hydrogen-bond donors (Lipinski definition) is 1. The van der Waals surface area contributed by atoms with E-state index in [0.717, 1.165) is 9.50 Å². The molecule has 0 aliphatic heterocycles. The second-order valence-electron chi connectivity index (χ2n) is 4.13. The summed E-state index contributed by atoms with van der Waals surface area (Å²) in [6, 6.07) is 12.6. The van der Waals surface area contributed by atoms with E-state index in [4.69, 9.17) is 5.26 Å². The van der Waals surface area contributed by atoms with E-state index in [0.29, 0.717) is 23.4 Å². The van der Waals surface area contributed by atoms with E-state index < -0.39 is 0 Å². The minimum atomic E-state index is -0.0562. The van der Waals surface area contributed by atoms with Crippen molar-refractivity contribution < 1.29 is 4.79 Å². The van der Waals surface area contributed by atoms with Gasteiger partial charge in [-0.2, -0.15) is 5.26 Å². The summed E-state index contributed by atoms with van der Waals surface area (Å²) in [6.07, 6.45) is 2.12. The van der Waals surface area contributed by atoms with Gasteiger partial charge in [0.25, 0.3) is 0 Å². The number of benzene rings is 1. The maximum Gasteiger partial charge on any atom is 0.225 e. The maximum atomic E-state index is 11.8. The number of hydrogen-bond acceptors (Lipinski definition) is 4. The Bertz CT molecular complexity index is 667. The molecule has 21 heavy (non-hydrogen) atoms. The number of carbonyl (C=O) groups excluding carboxylic acids is 1. The molecule has 0 saturated carbocycles. The third-order valence-corrected chi connectivity index (χ3v) is 4.50. The van der Waals surface area contributed by atoms with Gasteiger partial charge in [-0.1, -0.05) is 0 Å². The highest BCUT2D eigenvalue weighted by Gasteiger charge is 2.05. The molecule has 0 unspecified atom stereocenters. The molecule has 0 aliphatic carbocycles. The van der Waals surface area contributed by atoms with E-state index in [1.165, 1.54) is 11.8 Å². The molecule has 106 valence electrons. The number of nitrogens with zero attached hydrogens (tertiary/aromatic N) is 2. The Kier molecular flexibility index (Phi) is 5.78. The van der Waals surface area contributed by atoms with Crippen LogP contribution in [0.4, 0.5) is 5.69 Å². The Morgan fingerprint density at radius 2 is 2.10 bits per heavy atom. The number of carbonyl (C=O) groups is 1. The van der Waals surface area contributed by atoms with Crippen molar-refractivity contribution in [1.29, 1.82) is 5.26 Å². The maximum absolute atomic E-state index is 11.8. The molecule has 1 aromatic heterocycles. The van der Waals surface area contributed by atoms with Crippen LogP contribution in [-0.2, 0) is 4.79 Å². The summed E-state index contributed by atoms with van der Waals surface area (Å²) in [5.74, 6) is 0.594. The van der Waals surface area contributed by atoms with E-state index in [-0.39, 0.29) is 5.91 Å². The van der Waals surface area contributed by atoms with Crippen molar-refractivity contribution in [2.24, 2.45) is 0 Å². The van der Waals surface area contributed by atoms with Crippen LogP contribution in [0.25, 0.3) is 0 Å². The Hall–Kier alpha value is -1.84. The van der Waals surface area contributed by atoms with E-state index >= 15 is 0 Å². The molecule has 1 N–H and O–H groups in total. The number of amides is 1. The first-order valence-corrected chi connectivity index (χ1v) is 8.00. The molecule has 4 nitrogen and oxygen atoms in total. The summed E-state index contributed by atoms with van der Waals surface area (Å²) in [5.41, 5.74) is 1.27. The molecule has 1 aromatic carbocycles. The van der Waals surface area contributed by atoms with Crippen LogP contribution < -0.4 is 5.32 Å². The largest absolute Gasteiger partial charge is 0.326 e. The zero-order chi connectivity index (χ0) is 15.1. The molecule has 0 fully saturated rings. The smallest absolute Gasteiger partial charge is 0.225 e. The molecule has 0 bridgehead atoms. The van der Waals surface area contributed by atoms with E-state index in [1.807, 2.05) is 18.2 Å². The Balaban J connectivity index is 1.80. The van der Waals surface area contributed by atoms with Gasteiger partial charge in [-0.25, -0.2) is 4.98 Å². The molecule has 2 rings (SSSR count). The minimum absolute atomic E-state index is 0.0562. The van der Waals surface area contributed by atoms with Crippen molar-refractivity contribution in [2.45, 2.75) is 11.4 Å². The molecule has 0 radical (unpaired) electrons. The summed E-state index contributed by atoms with van der Waals surface area (Å²) >= 11 is 4.95.